The number of likely N-dealkylation sites (tertiary alicyclic amines) is 1. The highest BCUT2D eigenvalue weighted by Gasteiger charge is 2.27. The minimum absolute atomic E-state index is 0.143. The molecule has 0 bridgehead atoms. The second-order valence-electron chi connectivity index (χ2n) is 4.50. The highest BCUT2D eigenvalue weighted by Crippen LogP contribution is 2.25. The number of carbonyl (C=O) groups excluding carboxylic acids is 1. The molecule has 1 saturated heterocycles. The highest BCUT2D eigenvalue weighted by atomic mass is 79.9. The van der Waals surface area contributed by atoms with Gasteiger partial charge in [0.15, 0.2) is 0 Å². The number of alkyl halides is 1. The molecule has 0 aliphatic carbocycles. The molecular weight excluding hydrogens is 346 g/mol. The Kier molecular flexibility index (Phi) is 4.26. The molecule has 0 aromatic heterocycles. The number of aryl methyl sites for hydroxylation is 1. The number of nitrogens with zero attached hydrogens (tertiary/aromatic N) is 1. The van der Waals surface area contributed by atoms with Gasteiger partial charge in [-0.2, -0.15) is 0 Å². The maximum absolute atomic E-state index is 12.4. The molecule has 1 aromatic rings. The Balaban J connectivity index is 2.18. The number of hydrogen-bond acceptors (Lipinski definition) is 1. The van der Waals surface area contributed by atoms with Crippen LogP contribution in [0.15, 0.2) is 22.7 Å². The van der Waals surface area contributed by atoms with Gasteiger partial charge in [0.05, 0.1) is 5.56 Å². The number of rotatable bonds is 2. The van der Waals surface area contributed by atoms with Crippen molar-refractivity contribution in [2.75, 3.05) is 18.4 Å². The Labute approximate surface area is 119 Å². The molecular formula is C13H15Br2NO. The van der Waals surface area contributed by atoms with Crippen LogP contribution in [0, 0.1) is 12.8 Å². The van der Waals surface area contributed by atoms with Crippen molar-refractivity contribution < 1.29 is 4.79 Å². The quantitative estimate of drug-likeness (QED) is 0.737. The van der Waals surface area contributed by atoms with E-state index in [1.54, 1.807) is 0 Å². The van der Waals surface area contributed by atoms with E-state index >= 15 is 0 Å². The van der Waals surface area contributed by atoms with E-state index in [9.17, 15) is 4.79 Å². The lowest BCUT2D eigenvalue weighted by Gasteiger charge is -2.17. The summed E-state index contributed by atoms with van der Waals surface area (Å²) in [6, 6.07) is 5.83. The van der Waals surface area contributed by atoms with Crippen LogP contribution >= 0.6 is 31.9 Å². The van der Waals surface area contributed by atoms with Crippen molar-refractivity contribution in [1.82, 2.24) is 4.90 Å². The zero-order chi connectivity index (χ0) is 12.4. The zero-order valence-corrected chi connectivity index (χ0v) is 12.9. The van der Waals surface area contributed by atoms with Crippen LogP contribution in [-0.4, -0.2) is 29.2 Å². The Bertz CT molecular complexity index is 433. The van der Waals surface area contributed by atoms with Crippen molar-refractivity contribution in [3.8, 4) is 0 Å². The Morgan fingerprint density at radius 3 is 2.94 bits per heavy atom. The third-order valence-electron chi connectivity index (χ3n) is 3.21. The summed E-state index contributed by atoms with van der Waals surface area (Å²) in [4.78, 5) is 14.3. The molecule has 2 nitrogen and oxygen atoms in total. The predicted octanol–water partition coefficient (Wildman–Crippen LogP) is 3.61. The van der Waals surface area contributed by atoms with E-state index in [2.05, 4.69) is 31.9 Å². The van der Waals surface area contributed by atoms with E-state index in [1.807, 2.05) is 30.0 Å². The van der Waals surface area contributed by atoms with Gasteiger partial charge in [-0.05, 0) is 46.8 Å². The molecule has 1 aliphatic rings. The normalized spacial score (nSPS) is 19.7. The average Bonchev–Trinajstić information content (AvgIpc) is 2.80. The summed E-state index contributed by atoms with van der Waals surface area (Å²) >= 11 is 6.99. The fraction of sp³-hybridized carbons (Fsp3) is 0.462. The molecule has 1 aromatic carbocycles. The van der Waals surface area contributed by atoms with Crippen LogP contribution in [0.2, 0.25) is 0 Å². The predicted molar refractivity (Wildman–Crippen MR) is 76.7 cm³/mol. The molecule has 2 rings (SSSR count). The Morgan fingerprint density at radius 1 is 1.53 bits per heavy atom. The summed E-state index contributed by atoms with van der Waals surface area (Å²) in [6.07, 6.45) is 1.10. The Morgan fingerprint density at radius 2 is 2.29 bits per heavy atom. The molecule has 1 atom stereocenters. The SMILES string of the molecule is Cc1cccc(C(=O)N2CCC(CBr)C2)c1Br. The van der Waals surface area contributed by atoms with Gasteiger partial charge < -0.3 is 4.90 Å². The van der Waals surface area contributed by atoms with E-state index in [4.69, 9.17) is 0 Å². The molecule has 1 aliphatic heterocycles. The number of benzene rings is 1. The monoisotopic (exact) mass is 359 g/mol. The van der Waals surface area contributed by atoms with E-state index in [0.29, 0.717) is 5.92 Å². The van der Waals surface area contributed by atoms with Crippen LogP contribution in [0.4, 0.5) is 0 Å². The van der Waals surface area contributed by atoms with Crippen molar-refractivity contribution in [1.29, 1.82) is 0 Å². The smallest absolute Gasteiger partial charge is 0.255 e. The Hall–Kier alpha value is -0.350. The fourth-order valence-corrected chi connectivity index (χ4v) is 3.09. The molecule has 92 valence electrons. The third kappa shape index (κ3) is 2.74. The van der Waals surface area contributed by atoms with Gasteiger partial charge in [0.25, 0.3) is 5.91 Å². The van der Waals surface area contributed by atoms with Crippen LogP contribution in [0.3, 0.4) is 0 Å². The van der Waals surface area contributed by atoms with Crippen molar-refractivity contribution >= 4 is 37.8 Å². The first-order valence-corrected chi connectivity index (χ1v) is 7.65. The lowest BCUT2D eigenvalue weighted by molar-refractivity contribution is 0.0787. The van der Waals surface area contributed by atoms with Gasteiger partial charge in [-0.3, -0.25) is 4.79 Å². The second-order valence-corrected chi connectivity index (χ2v) is 5.94. The minimum atomic E-state index is 0.143. The molecule has 1 heterocycles. The molecule has 1 fully saturated rings. The highest BCUT2D eigenvalue weighted by molar-refractivity contribution is 9.10. The summed E-state index contributed by atoms with van der Waals surface area (Å²) in [5.74, 6) is 0.742. The van der Waals surface area contributed by atoms with E-state index < -0.39 is 0 Å². The van der Waals surface area contributed by atoms with Crippen molar-refractivity contribution in [3.63, 3.8) is 0 Å². The largest absolute Gasteiger partial charge is 0.338 e. The van der Waals surface area contributed by atoms with Crippen LogP contribution in [-0.2, 0) is 0 Å². The van der Waals surface area contributed by atoms with Crippen LogP contribution in [0.5, 0.6) is 0 Å². The van der Waals surface area contributed by atoms with Crippen LogP contribution in [0.25, 0.3) is 0 Å². The van der Waals surface area contributed by atoms with Gasteiger partial charge >= 0.3 is 0 Å². The number of carbonyl (C=O) groups is 1. The topological polar surface area (TPSA) is 20.3 Å². The first-order chi connectivity index (χ1) is 8.13. The summed E-state index contributed by atoms with van der Waals surface area (Å²) in [6.45, 7) is 3.74. The molecule has 0 N–H and O–H groups in total. The fourth-order valence-electron chi connectivity index (χ4n) is 2.13. The van der Waals surface area contributed by atoms with Crippen LogP contribution < -0.4 is 0 Å². The van der Waals surface area contributed by atoms with Crippen molar-refractivity contribution in [3.05, 3.63) is 33.8 Å². The number of hydrogen-bond donors (Lipinski definition) is 0. The molecule has 1 amide bonds. The lowest BCUT2D eigenvalue weighted by Crippen LogP contribution is -2.29. The van der Waals surface area contributed by atoms with E-state index in [-0.39, 0.29) is 5.91 Å². The number of amides is 1. The summed E-state index contributed by atoms with van der Waals surface area (Å²) in [7, 11) is 0. The van der Waals surface area contributed by atoms with Gasteiger partial charge in [-0.15, -0.1) is 0 Å². The van der Waals surface area contributed by atoms with Crippen LogP contribution in [0.1, 0.15) is 22.3 Å². The second kappa shape index (κ2) is 5.53. The maximum Gasteiger partial charge on any atom is 0.255 e. The molecule has 0 spiro atoms. The lowest BCUT2D eigenvalue weighted by atomic mass is 10.1. The molecule has 0 radical (unpaired) electrons. The number of halogens is 2. The van der Waals surface area contributed by atoms with E-state index in [1.165, 1.54) is 0 Å². The summed E-state index contributed by atoms with van der Waals surface area (Å²) < 4.78 is 0.923. The van der Waals surface area contributed by atoms with Gasteiger partial charge in [-0.25, -0.2) is 0 Å². The average molecular weight is 361 g/mol. The molecule has 17 heavy (non-hydrogen) atoms. The summed E-state index contributed by atoms with van der Waals surface area (Å²) in [5, 5.41) is 0.978. The van der Waals surface area contributed by atoms with Gasteiger partial charge in [-0.1, -0.05) is 28.1 Å². The first kappa shape index (κ1) is 13.1. The minimum Gasteiger partial charge on any atom is -0.338 e. The van der Waals surface area contributed by atoms with Gasteiger partial charge in [0.1, 0.15) is 0 Å². The van der Waals surface area contributed by atoms with E-state index in [0.717, 1.165) is 40.4 Å². The van der Waals surface area contributed by atoms with Gasteiger partial charge in [0.2, 0.25) is 0 Å². The maximum atomic E-state index is 12.4. The van der Waals surface area contributed by atoms with Gasteiger partial charge in [0, 0.05) is 22.9 Å². The summed E-state index contributed by atoms with van der Waals surface area (Å²) in [5.41, 5.74) is 1.88. The zero-order valence-electron chi connectivity index (χ0n) is 9.75. The van der Waals surface area contributed by atoms with Crippen molar-refractivity contribution in [2.45, 2.75) is 13.3 Å². The first-order valence-electron chi connectivity index (χ1n) is 5.74. The molecule has 1 unspecified atom stereocenters. The standard InChI is InChI=1S/C13H15Br2NO/c1-9-3-2-4-11(12(9)15)13(17)16-6-5-10(7-14)8-16/h2-4,10H,5-8H2,1H3. The van der Waals surface area contributed by atoms with Crippen molar-refractivity contribution in [2.24, 2.45) is 5.92 Å². The molecule has 4 heteroatoms. The third-order valence-corrected chi connectivity index (χ3v) is 5.18. The molecule has 0 saturated carbocycles.